The highest BCUT2D eigenvalue weighted by Crippen LogP contribution is 2.22. The number of halogens is 1. The number of amides is 1. The van der Waals surface area contributed by atoms with Gasteiger partial charge in [0.15, 0.2) is 11.6 Å². The normalized spacial score (nSPS) is 12.0. The van der Waals surface area contributed by atoms with Gasteiger partial charge in [-0.15, -0.1) is 0 Å². The van der Waals surface area contributed by atoms with Gasteiger partial charge < -0.3 is 14.6 Å². The second-order valence-corrected chi connectivity index (χ2v) is 6.49. The number of methoxy groups -OCH3 is 1. The van der Waals surface area contributed by atoms with E-state index in [1.165, 1.54) is 19.2 Å². The number of hydrogen-bond acceptors (Lipinski definition) is 6. The van der Waals surface area contributed by atoms with Crippen LogP contribution >= 0.6 is 11.3 Å². The third-order valence-electron chi connectivity index (χ3n) is 3.87. The summed E-state index contributed by atoms with van der Waals surface area (Å²) in [5.74, 6) is 0.459. The number of rotatable bonds is 7. The lowest BCUT2D eigenvalue weighted by Gasteiger charge is -2.15. The highest BCUT2D eigenvalue weighted by atomic mass is 32.1. The number of benzene rings is 1. The van der Waals surface area contributed by atoms with E-state index in [-0.39, 0.29) is 24.1 Å². The van der Waals surface area contributed by atoms with Crippen LogP contribution in [0, 0.1) is 5.82 Å². The zero-order valence-corrected chi connectivity index (χ0v) is 15.2. The number of hydrogen-bond donors (Lipinski definition) is 1. The Balaban J connectivity index is 1.53. The highest BCUT2D eigenvalue weighted by Gasteiger charge is 2.14. The predicted octanol–water partition coefficient (Wildman–Crippen LogP) is 3.76. The molecule has 0 spiro atoms. The molecule has 2 heterocycles. The molecule has 6 nitrogen and oxygen atoms in total. The SMILES string of the molecule is COc1ccc(C(C)NC(=O)CCc2nc(-c3ccsc3)no2)cc1F. The van der Waals surface area contributed by atoms with Gasteiger partial charge in [0.25, 0.3) is 0 Å². The van der Waals surface area contributed by atoms with E-state index in [1.54, 1.807) is 24.3 Å². The molecule has 0 aliphatic carbocycles. The topological polar surface area (TPSA) is 77.2 Å². The molecule has 0 radical (unpaired) electrons. The van der Waals surface area contributed by atoms with E-state index in [1.807, 2.05) is 16.8 Å². The van der Waals surface area contributed by atoms with Gasteiger partial charge in [0.2, 0.25) is 17.6 Å². The first-order valence-electron chi connectivity index (χ1n) is 8.04. The van der Waals surface area contributed by atoms with E-state index in [4.69, 9.17) is 9.26 Å². The van der Waals surface area contributed by atoms with Gasteiger partial charge in [-0.1, -0.05) is 11.2 Å². The summed E-state index contributed by atoms with van der Waals surface area (Å²) in [4.78, 5) is 16.4. The van der Waals surface area contributed by atoms with E-state index in [0.717, 1.165) is 5.56 Å². The number of nitrogens with zero attached hydrogens (tertiary/aromatic N) is 2. The maximum absolute atomic E-state index is 13.8. The van der Waals surface area contributed by atoms with Crippen molar-refractivity contribution in [3.8, 4) is 17.1 Å². The van der Waals surface area contributed by atoms with E-state index < -0.39 is 5.82 Å². The molecule has 1 atom stereocenters. The second-order valence-electron chi connectivity index (χ2n) is 5.71. The molecular formula is C18H18FN3O3S. The number of thiophene rings is 1. The molecule has 3 aromatic rings. The van der Waals surface area contributed by atoms with Crippen molar-refractivity contribution < 1.29 is 18.4 Å². The summed E-state index contributed by atoms with van der Waals surface area (Å²) < 4.78 is 23.8. The van der Waals surface area contributed by atoms with Crippen molar-refractivity contribution >= 4 is 17.2 Å². The van der Waals surface area contributed by atoms with Crippen molar-refractivity contribution in [3.63, 3.8) is 0 Å². The van der Waals surface area contributed by atoms with E-state index in [9.17, 15) is 9.18 Å². The van der Waals surface area contributed by atoms with Crippen LogP contribution in [0.4, 0.5) is 4.39 Å². The van der Waals surface area contributed by atoms with Crippen LogP contribution in [0.1, 0.15) is 30.8 Å². The molecule has 1 amide bonds. The molecule has 8 heteroatoms. The molecule has 0 aliphatic rings. The summed E-state index contributed by atoms with van der Waals surface area (Å²) in [5.41, 5.74) is 1.55. The van der Waals surface area contributed by atoms with E-state index >= 15 is 0 Å². The van der Waals surface area contributed by atoms with Crippen LogP contribution in [-0.2, 0) is 11.2 Å². The van der Waals surface area contributed by atoms with E-state index in [0.29, 0.717) is 23.7 Å². The molecule has 0 fully saturated rings. The number of ether oxygens (including phenoxy) is 1. The van der Waals surface area contributed by atoms with Gasteiger partial charge >= 0.3 is 0 Å². The standard InChI is InChI=1S/C18H18FN3O3S/c1-11(12-3-4-15(24-2)14(19)9-12)20-16(23)5-6-17-21-18(22-25-17)13-7-8-26-10-13/h3-4,7-11H,5-6H2,1-2H3,(H,20,23). The maximum Gasteiger partial charge on any atom is 0.227 e. The van der Waals surface area contributed by atoms with E-state index in [2.05, 4.69) is 15.5 Å². The molecule has 0 aliphatic heterocycles. The van der Waals surface area contributed by atoms with Crippen LogP contribution in [0.15, 0.2) is 39.5 Å². The van der Waals surface area contributed by atoms with Gasteiger partial charge in [0, 0.05) is 23.8 Å². The van der Waals surface area contributed by atoms with Crippen molar-refractivity contribution in [3.05, 3.63) is 52.3 Å². The number of nitrogens with one attached hydrogen (secondary N) is 1. The van der Waals surface area contributed by atoms with Crippen molar-refractivity contribution in [1.29, 1.82) is 0 Å². The van der Waals surface area contributed by atoms with Crippen LogP contribution in [-0.4, -0.2) is 23.2 Å². The summed E-state index contributed by atoms with van der Waals surface area (Å²) in [7, 11) is 1.41. The van der Waals surface area contributed by atoms with Gasteiger partial charge in [-0.2, -0.15) is 16.3 Å². The van der Waals surface area contributed by atoms with Gasteiger partial charge in [0.1, 0.15) is 0 Å². The minimum absolute atomic E-state index is 0.171. The molecule has 0 bridgehead atoms. The van der Waals surface area contributed by atoms with Gasteiger partial charge in [-0.3, -0.25) is 4.79 Å². The number of aromatic nitrogens is 2. The summed E-state index contributed by atoms with van der Waals surface area (Å²) >= 11 is 1.55. The first-order chi connectivity index (χ1) is 12.6. The third-order valence-corrected chi connectivity index (χ3v) is 4.55. The number of carbonyl (C=O) groups is 1. The molecule has 1 aromatic carbocycles. The van der Waals surface area contributed by atoms with Gasteiger partial charge in [0.05, 0.1) is 13.2 Å². The predicted molar refractivity (Wildman–Crippen MR) is 95.4 cm³/mol. The smallest absolute Gasteiger partial charge is 0.227 e. The molecule has 2 aromatic heterocycles. The number of aryl methyl sites for hydroxylation is 1. The lowest BCUT2D eigenvalue weighted by atomic mass is 10.1. The summed E-state index contributed by atoms with van der Waals surface area (Å²) in [5, 5.41) is 10.6. The Bertz CT molecular complexity index is 880. The Labute approximate surface area is 154 Å². The van der Waals surface area contributed by atoms with Crippen molar-refractivity contribution in [1.82, 2.24) is 15.5 Å². The van der Waals surface area contributed by atoms with Gasteiger partial charge in [-0.25, -0.2) is 4.39 Å². The van der Waals surface area contributed by atoms with Crippen LogP contribution < -0.4 is 10.1 Å². The number of carbonyl (C=O) groups excluding carboxylic acids is 1. The van der Waals surface area contributed by atoms with Crippen LogP contribution in [0.25, 0.3) is 11.4 Å². The summed E-state index contributed by atoms with van der Waals surface area (Å²) in [6, 6.07) is 6.19. The minimum atomic E-state index is -0.460. The van der Waals surface area contributed by atoms with Crippen LogP contribution in [0.5, 0.6) is 5.75 Å². The fraction of sp³-hybridized carbons (Fsp3) is 0.278. The molecule has 1 unspecified atom stereocenters. The third kappa shape index (κ3) is 4.26. The molecule has 26 heavy (non-hydrogen) atoms. The minimum Gasteiger partial charge on any atom is -0.494 e. The fourth-order valence-corrected chi connectivity index (χ4v) is 3.07. The summed E-state index contributed by atoms with van der Waals surface area (Å²) in [6.07, 6.45) is 0.543. The molecule has 3 rings (SSSR count). The first-order valence-corrected chi connectivity index (χ1v) is 8.99. The van der Waals surface area contributed by atoms with Crippen LogP contribution in [0.2, 0.25) is 0 Å². The molecule has 0 saturated heterocycles. The lowest BCUT2D eigenvalue weighted by Crippen LogP contribution is -2.26. The molecule has 0 saturated carbocycles. The lowest BCUT2D eigenvalue weighted by molar-refractivity contribution is -0.121. The Morgan fingerprint density at radius 3 is 2.96 bits per heavy atom. The van der Waals surface area contributed by atoms with Crippen molar-refractivity contribution in [2.45, 2.75) is 25.8 Å². The Morgan fingerprint density at radius 2 is 2.27 bits per heavy atom. The average Bonchev–Trinajstić information content (AvgIpc) is 3.31. The second kappa shape index (κ2) is 8.09. The first kappa shape index (κ1) is 18.1. The summed E-state index contributed by atoms with van der Waals surface area (Å²) in [6.45, 7) is 1.79. The Hall–Kier alpha value is -2.74. The zero-order valence-electron chi connectivity index (χ0n) is 14.4. The Morgan fingerprint density at radius 1 is 1.42 bits per heavy atom. The quantitative estimate of drug-likeness (QED) is 0.680. The largest absolute Gasteiger partial charge is 0.494 e. The molecular weight excluding hydrogens is 357 g/mol. The van der Waals surface area contributed by atoms with Crippen molar-refractivity contribution in [2.75, 3.05) is 7.11 Å². The Kier molecular flexibility index (Phi) is 5.62. The average molecular weight is 375 g/mol. The monoisotopic (exact) mass is 375 g/mol. The fourth-order valence-electron chi connectivity index (χ4n) is 2.43. The molecule has 1 N–H and O–H groups in total. The van der Waals surface area contributed by atoms with Crippen molar-refractivity contribution in [2.24, 2.45) is 0 Å². The van der Waals surface area contributed by atoms with Crippen LogP contribution in [0.3, 0.4) is 0 Å². The highest BCUT2D eigenvalue weighted by molar-refractivity contribution is 7.08. The zero-order chi connectivity index (χ0) is 18.5. The maximum atomic E-state index is 13.8. The van der Waals surface area contributed by atoms with Gasteiger partial charge in [-0.05, 0) is 36.1 Å². The molecule has 136 valence electrons.